The summed E-state index contributed by atoms with van der Waals surface area (Å²) in [6.45, 7) is 6.44. The molecule has 1 aromatic heterocycles. The Morgan fingerprint density at radius 1 is 1.54 bits per heavy atom. The molecule has 3 N–H and O–H groups in total. The van der Waals surface area contributed by atoms with Crippen LogP contribution >= 0.6 is 11.6 Å². The van der Waals surface area contributed by atoms with E-state index in [1.54, 1.807) is 4.90 Å². The van der Waals surface area contributed by atoms with Crippen molar-refractivity contribution < 1.29 is 19.9 Å². The number of rotatable bonds is 4. The highest BCUT2D eigenvalue weighted by Gasteiger charge is 2.32. The van der Waals surface area contributed by atoms with E-state index in [4.69, 9.17) is 16.3 Å². The van der Waals surface area contributed by atoms with Crippen molar-refractivity contribution in [3.63, 3.8) is 0 Å². The Kier molecular flexibility index (Phi) is 5.68. The molecule has 0 saturated carbocycles. The maximum Gasteiger partial charge on any atom is 0.410 e. The molecule has 2 heterocycles. The molecule has 10 heteroatoms. The molecule has 9 nitrogen and oxygen atoms in total. The number of nitrogens with zero attached hydrogens (tertiary/aromatic N) is 4. The summed E-state index contributed by atoms with van der Waals surface area (Å²) in [5, 5.41) is 21.3. The van der Waals surface area contributed by atoms with E-state index in [1.165, 1.54) is 6.20 Å². The number of anilines is 2. The van der Waals surface area contributed by atoms with Gasteiger partial charge < -0.3 is 15.0 Å². The van der Waals surface area contributed by atoms with Gasteiger partial charge in [-0.15, -0.1) is 5.23 Å². The molecule has 0 bridgehead atoms. The van der Waals surface area contributed by atoms with Crippen molar-refractivity contribution >= 4 is 29.2 Å². The van der Waals surface area contributed by atoms with Crippen molar-refractivity contribution in [2.24, 2.45) is 0 Å². The molecule has 1 aliphatic rings. The van der Waals surface area contributed by atoms with Crippen LogP contribution in [0.3, 0.4) is 0 Å². The fraction of sp³-hybridized carbons (Fsp3) is 0.643. The van der Waals surface area contributed by atoms with Gasteiger partial charge >= 0.3 is 6.09 Å². The molecule has 0 radical (unpaired) electrons. The molecular weight excluding hydrogens is 338 g/mol. The van der Waals surface area contributed by atoms with Crippen molar-refractivity contribution in [3.8, 4) is 0 Å². The van der Waals surface area contributed by atoms with Crippen LogP contribution in [0.5, 0.6) is 0 Å². The lowest BCUT2D eigenvalue weighted by Gasteiger charge is -2.29. The van der Waals surface area contributed by atoms with Gasteiger partial charge in [-0.25, -0.2) is 9.78 Å². The molecule has 0 unspecified atom stereocenters. The van der Waals surface area contributed by atoms with Crippen LogP contribution in [0.25, 0.3) is 0 Å². The van der Waals surface area contributed by atoms with Crippen molar-refractivity contribution in [2.75, 3.05) is 23.6 Å². The summed E-state index contributed by atoms with van der Waals surface area (Å²) < 4.78 is 5.41. The SMILES string of the molecule is CC(C)(C)OC(=O)N1CCC[C@H]1CNc1nc(Cl)ncc1N(O)O. The smallest absolute Gasteiger partial charge is 0.410 e. The summed E-state index contributed by atoms with van der Waals surface area (Å²) in [5.74, 6) is 0.163. The van der Waals surface area contributed by atoms with Gasteiger partial charge in [-0.05, 0) is 45.2 Å². The highest BCUT2D eigenvalue weighted by atomic mass is 35.5. The van der Waals surface area contributed by atoms with Gasteiger partial charge in [0.1, 0.15) is 5.60 Å². The summed E-state index contributed by atoms with van der Waals surface area (Å²) in [7, 11) is 0. The van der Waals surface area contributed by atoms with E-state index in [0.717, 1.165) is 12.8 Å². The van der Waals surface area contributed by atoms with Gasteiger partial charge in [-0.1, -0.05) is 0 Å². The highest BCUT2D eigenvalue weighted by Crippen LogP contribution is 2.25. The Labute approximate surface area is 145 Å². The zero-order valence-electron chi connectivity index (χ0n) is 13.9. The quantitative estimate of drug-likeness (QED) is 0.555. The standard InChI is InChI=1S/C14H22ClN5O4/c1-14(2,3)24-13(21)19-6-4-5-9(19)7-16-11-10(20(22)23)8-17-12(15)18-11/h8-9,22-23H,4-7H2,1-3H3,(H,16,17,18)/t9-/m0/s1. The fourth-order valence-electron chi connectivity index (χ4n) is 2.45. The molecule has 1 aromatic rings. The molecule has 0 aromatic carbocycles. The lowest BCUT2D eigenvalue weighted by atomic mass is 10.2. The summed E-state index contributed by atoms with van der Waals surface area (Å²) >= 11 is 5.74. The van der Waals surface area contributed by atoms with Crippen molar-refractivity contribution in [1.82, 2.24) is 14.9 Å². The second kappa shape index (κ2) is 7.37. The van der Waals surface area contributed by atoms with E-state index in [2.05, 4.69) is 15.3 Å². The third-order valence-corrected chi connectivity index (χ3v) is 3.65. The largest absolute Gasteiger partial charge is 0.444 e. The summed E-state index contributed by atoms with van der Waals surface area (Å²) in [6.07, 6.45) is 2.49. The summed E-state index contributed by atoms with van der Waals surface area (Å²) in [6, 6.07) is -0.0905. The first-order valence-electron chi connectivity index (χ1n) is 7.61. The number of aromatic nitrogens is 2. The minimum Gasteiger partial charge on any atom is -0.444 e. The third-order valence-electron chi connectivity index (χ3n) is 3.47. The summed E-state index contributed by atoms with van der Waals surface area (Å²) in [5.41, 5.74) is -0.597. The molecule has 1 saturated heterocycles. The van der Waals surface area contributed by atoms with E-state index in [9.17, 15) is 15.2 Å². The van der Waals surface area contributed by atoms with Crippen LogP contribution in [0.2, 0.25) is 5.28 Å². The van der Waals surface area contributed by atoms with Crippen LogP contribution in [-0.4, -0.2) is 56.1 Å². The number of carbonyl (C=O) groups excluding carboxylic acids is 1. The van der Waals surface area contributed by atoms with Gasteiger partial charge in [0, 0.05) is 13.1 Å². The molecule has 24 heavy (non-hydrogen) atoms. The number of nitrogens with one attached hydrogen (secondary N) is 1. The van der Waals surface area contributed by atoms with Crippen LogP contribution in [0.4, 0.5) is 16.3 Å². The van der Waals surface area contributed by atoms with Gasteiger partial charge in [0.05, 0.1) is 12.2 Å². The zero-order valence-corrected chi connectivity index (χ0v) is 14.6. The first-order valence-corrected chi connectivity index (χ1v) is 7.99. The van der Waals surface area contributed by atoms with Crippen LogP contribution < -0.4 is 10.5 Å². The van der Waals surface area contributed by atoms with E-state index < -0.39 is 5.60 Å². The number of ether oxygens (including phenoxy) is 1. The second-order valence-corrected chi connectivity index (χ2v) is 6.85. The maximum absolute atomic E-state index is 12.3. The highest BCUT2D eigenvalue weighted by molar-refractivity contribution is 6.28. The van der Waals surface area contributed by atoms with E-state index in [0.29, 0.717) is 13.1 Å². The van der Waals surface area contributed by atoms with Gasteiger partial charge in [-0.3, -0.25) is 10.4 Å². The Morgan fingerprint density at radius 3 is 2.88 bits per heavy atom. The van der Waals surface area contributed by atoms with Crippen LogP contribution in [0.1, 0.15) is 33.6 Å². The molecule has 0 spiro atoms. The second-order valence-electron chi connectivity index (χ2n) is 6.51. The molecule has 0 aliphatic carbocycles. The van der Waals surface area contributed by atoms with Crippen molar-refractivity contribution in [2.45, 2.75) is 45.3 Å². The zero-order chi connectivity index (χ0) is 17.9. The van der Waals surface area contributed by atoms with Gasteiger partial charge in [0.25, 0.3) is 0 Å². The third kappa shape index (κ3) is 4.83. The average molecular weight is 360 g/mol. The van der Waals surface area contributed by atoms with Crippen molar-refractivity contribution in [3.05, 3.63) is 11.5 Å². The normalized spacial score (nSPS) is 17.8. The molecule has 1 amide bonds. The predicted octanol–water partition coefficient (Wildman–Crippen LogP) is 2.53. The van der Waals surface area contributed by atoms with E-state index in [-0.39, 0.29) is 34.2 Å². The van der Waals surface area contributed by atoms with Gasteiger partial charge in [0.15, 0.2) is 11.5 Å². The maximum atomic E-state index is 12.3. The van der Waals surface area contributed by atoms with E-state index in [1.807, 2.05) is 20.8 Å². The van der Waals surface area contributed by atoms with Gasteiger partial charge in [0.2, 0.25) is 5.28 Å². The van der Waals surface area contributed by atoms with E-state index >= 15 is 0 Å². The van der Waals surface area contributed by atoms with Crippen molar-refractivity contribution in [1.29, 1.82) is 0 Å². The van der Waals surface area contributed by atoms with Crippen LogP contribution in [0.15, 0.2) is 6.20 Å². The molecule has 134 valence electrons. The number of carbonyl (C=O) groups is 1. The number of halogens is 1. The van der Waals surface area contributed by atoms with Crippen LogP contribution in [-0.2, 0) is 4.74 Å². The lowest BCUT2D eigenvalue weighted by molar-refractivity contribution is 0.0231. The first-order chi connectivity index (χ1) is 11.2. The van der Waals surface area contributed by atoms with Crippen LogP contribution in [0, 0.1) is 0 Å². The minimum atomic E-state index is -0.556. The Balaban J connectivity index is 2.03. The number of hydrogen-bond acceptors (Lipinski definition) is 8. The molecule has 2 rings (SSSR count). The lowest BCUT2D eigenvalue weighted by Crippen LogP contribution is -2.42. The Morgan fingerprint density at radius 2 is 2.25 bits per heavy atom. The minimum absolute atomic E-state index is 0.0291. The predicted molar refractivity (Wildman–Crippen MR) is 87.5 cm³/mol. The molecule has 1 fully saturated rings. The molecule has 1 atom stereocenters. The monoisotopic (exact) mass is 359 g/mol. The van der Waals surface area contributed by atoms with Gasteiger partial charge in [-0.2, -0.15) is 4.98 Å². The average Bonchev–Trinajstić information content (AvgIpc) is 2.91. The molecule has 1 aliphatic heterocycles. The topological polar surface area (TPSA) is 111 Å². The first kappa shape index (κ1) is 18.5. The molecular formula is C14H22ClN5O4. The number of hydrogen-bond donors (Lipinski definition) is 3. The number of likely N-dealkylation sites (tertiary alicyclic amines) is 1. The Hall–Kier alpha value is -1.84. The number of amides is 1. The summed E-state index contributed by atoms with van der Waals surface area (Å²) in [4.78, 5) is 21.5. The Bertz CT molecular complexity index is 593. The fourth-order valence-corrected chi connectivity index (χ4v) is 2.59.